The number of hydrogen-bond donors (Lipinski definition) is 2. The molecule has 1 aliphatic carbocycles. The Morgan fingerprint density at radius 1 is 1.06 bits per heavy atom. The monoisotopic (exact) mass is 467 g/mol. The molecule has 1 saturated carbocycles. The molecular weight excluding hydrogens is 433 g/mol. The molecular formula is C27H34FN3O3. The Morgan fingerprint density at radius 3 is 2.56 bits per heavy atom. The van der Waals surface area contributed by atoms with E-state index >= 15 is 0 Å². The van der Waals surface area contributed by atoms with Crippen molar-refractivity contribution in [3.63, 3.8) is 0 Å². The summed E-state index contributed by atoms with van der Waals surface area (Å²) < 4.78 is 19.7. The van der Waals surface area contributed by atoms with Crippen LogP contribution in [0.25, 0.3) is 0 Å². The lowest BCUT2D eigenvalue weighted by molar-refractivity contribution is -0.127. The highest BCUT2D eigenvalue weighted by Gasteiger charge is 2.35. The molecule has 2 aromatic rings. The summed E-state index contributed by atoms with van der Waals surface area (Å²) in [4.78, 5) is 28.9. The maximum atomic E-state index is 14.3. The van der Waals surface area contributed by atoms with Gasteiger partial charge in [-0.15, -0.1) is 0 Å². The van der Waals surface area contributed by atoms with Crippen LogP contribution in [0, 0.1) is 12.7 Å². The van der Waals surface area contributed by atoms with E-state index in [0.717, 1.165) is 43.2 Å². The molecule has 1 heterocycles. The van der Waals surface area contributed by atoms with Gasteiger partial charge in [-0.3, -0.25) is 14.5 Å². The number of aryl methyl sites for hydroxylation is 1. The molecule has 2 N–H and O–H groups in total. The molecule has 0 aromatic heterocycles. The lowest BCUT2D eigenvalue weighted by Gasteiger charge is -2.34. The van der Waals surface area contributed by atoms with Crippen LogP contribution in [0.1, 0.15) is 55.7 Å². The van der Waals surface area contributed by atoms with Gasteiger partial charge >= 0.3 is 0 Å². The van der Waals surface area contributed by atoms with Crippen LogP contribution in [0.4, 0.5) is 10.1 Å². The number of nitrogens with zero attached hydrogens (tertiary/aromatic N) is 1. The number of anilines is 1. The molecule has 2 fully saturated rings. The quantitative estimate of drug-likeness (QED) is 0.615. The van der Waals surface area contributed by atoms with Gasteiger partial charge in [0.15, 0.2) is 0 Å². The minimum atomic E-state index is -0.904. The van der Waals surface area contributed by atoms with Crippen molar-refractivity contribution in [1.29, 1.82) is 0 Å². The molecule has 34 heavy (non-hydrogen) atoms. The second-order valence-electron chi connectivity index (χ2n) is 9.29. The number of carbonyl (C=O) groups excluding carboxylic acids is 2. The first kappa shape index (κ1) is 24.4. The van der Waals surface area contributed by atoms with E-state index < -0.39 is 11.9 Å². The van der Waals surface area contributed by atoms with Crippen molar-refractivity contribution >= 4 is 17.5 Å². The van der Waals surface area contributed by atoms with Gasteiger partial charge in [-0.05, 0) is 55.5 Å². The molecule has 1 unspecified atom stereocenters. The Balaban J connectivity index is 1.69. The zero-order chi connectivity index (χ0) is 23.9. The third-order valence-electron chi connectivity index (χ3n) is 6.77. The number of rotatable bonds is 8. The SMILES string of the molecule is Cc1ccccc1C(C(=O)NC1CCCCC1)N(C(=O)CN[C@H]1CCOC1)c1cccc(F)c1. The smallest absolute Gasteiger partial charge is 0.248 e. The maximum Gasteiger partial charge on any atom is 0.248 e. The standard InChI is InChI=1S/C27H34FN3O3/c1-19-8-5-6-13-24(19)26(27(33)30-21-10-3-2-4-11-21)31(23-12-7-9-20(28)16-23)25(32)17-29-22-14-15-34-18-22/h5-9,12-13,16,21-22,26,29H,2-4,10-11,14-15,17-18H2,1H3,(H,30,33)/t22-,26?/m0/s1. The van der Waals surface area contributed by atoms with Crippen LogP contribution >= 0.6 is 0 Å². The summed E-state index contributed by atoms with van der Waals surface area (Å²) >= 11 is 0. The summed E-state index contributed by atoms with van der Waals surface area (Å²) in [5.41, 5.74) is 2.00. The van der Waals surface area contributed by atoms with E-state index in [2.05, 4.69) is 10.6 Å². The first-order chi connectivity index (χ1) is 16.5. The first-order valence-corrected chi connectivity index (χ1v) is 12.3. The summed E-state index contributed by atoms with van der Waals surface area (Å²) in [7, 11) is 0. The van der Waals surface area contributed by atoms with E-state index in [-0.39, 0.29) is 30.4 Å². The Bertz CT molecular complexity index is 987. The fraction of sp³-hybridized carbons (Fsp3) is 0.481. The summed E-state index contributed by atoms with van der Waals surface area (Å²) in [6.45, 7) is 3.17. The van der Waals surface area contributed by atoms with Gasteiger partial charge in [0.1, 0.15) is 11.9 Å². The highest BCUT2D eigenvalue weighted by atomic mass is 19.1. The molecule has 2 aliphatic rings. The van der Waals surface area contributed by atoms with Crippen LogP contribution < -0.4 is 15.5 Å². The van der Waals surface area contributed by atoms with E-state index in [4.69, 9.17) is 4.74 Å². The van der Waals surface area contributed by atoms with Gasteiger partial charge in [-0.2, -0.15) is 0 Å². The minimum absolute atomic E-state index is 0.0314. The average Bonchev–Trinajstić information content (AvgIpc) is 3.36. The lowest BCUT2D eigenvalue weighted by Crippen LogP contribution is -2.50. The molecule has 0 spiro atoms. The molecule has 0 radical (unpaired) electrons. The van der Waals surface area contributed by atoms with Crippen LogP contribution in [0.15, 0.2) is 48.5 Å². The first-order valence-electron chi connectivity index (χ1n) is 12.3. The van der Waals surface area contributed by atoms with Gasteiger partial charge in [0.25, 0.3) is 0 Å². The highest BCUT2D eigenvalue weighted by molar-refractivity contribution is 6.02. The summed E-state index contributed by atoms with van der Waals surface area (Å²) in [6.07, 6.45) is 6.04. The molecule has 7 heteroatoms. The molecule has 0 bridgehead atoms. The highest BCUT2D eigenvalue weighted by Crippen LogP contribution is 2.31. The van der Waals surface area contributed by atoms with Crippen LogP contribution in [0.3, 0.4) is 0 Å². The molecule has 182 valence electrons. The van der Waals surface area contributed by atoms with Crippen molar-refractivity contribution in [2.24, 2.45) is 0 Å². The number of nitrogens with one attached hydrogen (secondary N) is 2. The van der Waals surface area contributed by atoms with Crippen LogP contribution in [-0.2, 0) is 14.3 Å². The molecule has 1 aliphatic heterocycles. The number of amides is 2. The number of hydrogen-bond acceptors (Lipinski definition) is 4. The number of ether oxygens (including phenoxy) is 1. The van der Waals surface area contributed by atoms with Gasteiger partial charge in [0, 0.05) is 24.4 Å². The summed E-state index contributed by atoms with van der Waals surface area (Å²) in [6, 6.07) is 12.8. The molecule has 2 atom stereocenters. The third-order valence-corrected chi connectivity index (χ3v) is 6.77. The Morgan fingerprint density at radius 2 is 1.85 bits per heavy atom. The average molecular weight is 468 g/mol. The Kier molecular flexibility index (Phi) is 8.29. The zero-order valence-corrected chi connectivity index (χ0v) is 19.8. The lowest BCUT2D eigenvalue weighted by atomic mass is 9.93. The Hall–Kier alpha value is -2.77. The minimum Gasteiger partial charge on any atom is -0.380 e. The molecule has 1 saturated heterocycles. The maximum absolute atomic E-state index is 14.3. The van der Waals surface area contributed by atoms with Gasteiger partial charge < -0.3 is 15.4 Å². The van der Waals surface area contributed by atoms with E-state index in [9.17, 15) is 14.0 Å². The second-order valence-corrected chi connectivity index (χ2v) is 9.29. The second kappa shape index (κ2) is 11.6. The Labute approximate surface area is 200 Å². The number of carbonyl (C=O) groups is 2. The van der Waals surface area contributed by atoms with Crippen molar-refractivity contribution in [3.05, 3.63) is 65.5 Å². The van der Waals surface area contributed by atoms with Gasteiger partial charge in [0.2, 0.25) is 11.8 Å². The topological polar surface area (TPSA) is 70.7 Å². The zero-order valence-electron chi connectivity index (χ0n) is 19.8. The van der Waals surface area contributed by atoms with Gasteiger partial charge in [-0.1, -0.05) is 49.6 Å². The molecule has 2 amide bonds. The predicted octanol–water partition coefficient (Wildman–Crippen LogP) is 4.04. The van der Waals surface area contributed by atoms with Crippen LogP contribution in [-0.4, -0.2) is 43.7 Å². The summed E-state index contributed by atoms with van der Waals surface area (Å²) in [5.74, 6) is -0.976. The number of halogens is 1. The van der Waals surface area contributed by atoms with Gasteiger partial charge in [-0.25, -0.2) is 4.39 Å². The van der Waals surface area contributed by atoms with Crippen molar-refractivity contribution < 1.29 is 18.7 Å². The summed E-state index contributed by atoms with van der Waals surface area (Å²) in [5, 5.41) is 6.44. The van der Waals surface area contributed by atoms with Gasteiger partial charge in [0.05, 0.1) is 13.2 Å². The van der Waals surface area contributed by atoms with Crippen molar-refractivity contribution in [1.82, 2.24) is 10.6 Å². The van der Waals surface area contributed by atoms with E-state index in [1.165, 1.54) is 23.5 Å². The largest absolute Gasteiger partial charge is 0.380 e. The van der Waals surface area contributed by atoms with Crippen LogP contribution in [0.5, 0.6) is 0 Å². The van der Waals surface area contributed by atoms with E-state index in [1.807, 2.05) is 31.2 Å². The molecule has 2 aromatic carbocycles. The van der Waals surface area contributed by atoms with E-state index in [1.54, 1.807) is 12.1 Å². The normalized spacial score (nSPS) is 19.5. The number of benzene rings is 2. The molecule has 6 nitrogen and oxygen atoms in total. The fourth-order valence-electron chi connectivity index (χ4n) is 4.89. The fourth-order valence-corrected chi connectivity index (χ4v) is 4.89. The van der Waals surface area contributed by atoms with E-state index in [0.29, 0.717) is 18.9 Å². The predicted molar refractivity (Wildman–Crippen MR) is 130 cm³/mol. The van der Waals surface area contributed by atoms with Crippen LogP contribution in [0.2, 0.25) is 0 Å². The van der Waals surface area contributed by atoms with Crippen molar-refractivity contribution in [2.75, 3.05) is 24.7 Å². The van der Waals surface area contributed by atoms with Crippen molar-refractivity contribution in [3.8, 4) is 0 Å². The molecule has 4 rings (SSSR count). The van der Waals surface area contributed by atoms with Crippen molar-refractivity contribution in [2.45, 2.75) is 63.6 Å². The third kappa shape index (κ3) is 6.02.